The van der Waals surface area contributed by atoms with E-state index in [4.69, 9.17) is 20.3 Å². The Hall–Kier alpha value is -0.360. The van der Waals surface area contributed by atoms with E-state index in [0.29, 0.717) is 26.1 Å². The maximum atomic E-state index is 10.8. The number of hydrogen-bond donors (Lipinski definition) is 2. The Morgan fingerprint density at radius 2 is 1.93 bits per heavy atom. The van der Waals surface area contributed by atoms with Gasteiger partial charge in [0.2, 0.25) is 0 Å². The van der Waals surface area contributed by atoms with Crippen LogP contribution in [0.5, 0.6) is 0 Å². The number of hydrogen-bond acceptors (Lipinski definition) is 4. The zero-order chi connectivity index (χ0) is 9.47. The summed E-state index contributed by atoms with van der Waals surface area (Å²) in [4.78, 5) is 10.8. The summed E-state index contributed by atoms with van der Waals surface area (Å²) >= 11 is 0. The standard InChI is InChI=1S/C8H13NO4.ClH/c9-6-4-8(12-1-2-13-8)3-5(6)7(10)11;/h5-6H,1-4,9H2,(H,10,11);1H/t5-,6+;/m1./s1. The van der Waals surface area contributed by atoms with Crippen molar-refractivity contribution in [2.75, 3.05) is 13.2 Å². The van der Waals surface area contributed by atoms with Gasteiger partial charge in [0.05, 0.1) is 19.1 Å². The molecule has 0 radical (unpaired) electrons. The number of nitrogens with two attached hydrogens (primary N) is 1. The van der Waals surface area contributed by atoms with Crippen molar-refractivity contribution in [3.05, 3.63) is 0 Å². The predicted octanol–water partition coefficient (Wildman–Crippen LogP) is -0.0268. The molecule has 1 aliphatic carbocycles. The zero-order valence-electron chi connectivity index (χ0n) is 7.64. The van der Waals surface area contributed by atoms with Gasteiger partial charge < -0.3 is 20.3 Å². The number of halogens is 1. The first-order chi connectivity index (χ1) is 6.13. The van der Waals surface area contributed by atoms with Gasteiger partial charge in [-0.25, -0.2) is 0 Å². The molecule has 1 spiro atoms. The monoisotopic (exact) mass is 223 g/mol. The van der Waals surface area contributed by atoms with Crippen molar-refractivity contribution < 1.29 is 19.4 Å². The van der Waals surface area contributed by atoms with Gasteiger partial charge in [0.1, 0.15) is 0 Å². The summed E-state index contributed by atoms with van der Waals surface area (Å²) in [7, 11) is 0. The summed E-state index contributed by atoms with van der Waals surface area (Å²) in [6, 6.07) is -0.351. The minimum atomic E-state index is -0.858. The van der Waals surface area contributed by atoms with Crippen LogP contribution in [0.2, 0.25) is 0 Å². The summed E-state index contributed by atoms with van der Waals surface area (Å²) in [5, 5.41) is 8.84. The van der Waals surface area contributed by atoms with Crippen LogP contribution in [0.1, 0.15) is 12.8 Å². The van der Waals surface area contributed by atoms with E-state index in [1.165, 1.54) is 0 Å². The Kier molecular flexibility index (Phi) is 3.36. The van der Waals surface area contributed by atoms with E-state index in [9.17, 15) is 4.79 Å². The van der Waals surface area contributed by atoms with Crippen LogP contribution in [0.25, 0.3) is 0 Å². The average Bonchev–Trinajstić information content (AvgIpc) is 2.60. The first kappa shape index (κ1) is 11.7. The smallest absolute Gasteiger partial charge is 0.308 e. The molecular formula is C8H14ClNO4. The fraction of sp³-hybridized carbons (Fsp3) is 0.875. The lowest BCUT2D eigenvalue weighted by atomic mass is 10.1. The number of carbonyl (C=O) groups is 1. The summed E-state index contributed by atoms with van der Waals surface area (Å²) in [6.07, 6.45) is 0.869. The van der Waals surface area contributed by atoms with E-state index in [1.807, 2.05) is 0 Å². The van der Waals surface area contributed by atoms with Gasteiger partial charge in [0.15, 0.2) is 5.79 Å². The first-order valence-corrected chi connectivity index (χ1v) is 4.39. The molecule has 1 saturated carbocycles. The van der Waals surface area contributed by atoms with Gasteiger partial charge in [-0.15, -0.1) is 12.4 Å². The third-order valence-corrected chi connectivity index (χ3v) is 2.73. The van der Waals surface area contributed by atoms with Crippen molar-refractivity contribution >= 4 is 18.4 Å². The first-order valence-electron chi connectivity index (χ1n) is 4.39. The van der Waals surface area contributed by atoms with E-state index < -0.39 is 17.7 Å². The third-order valence-electron chi connectivity index (χ3n) is 2.73. The molecule has 82 valence electrons. The lowest BCUT2D eigenvalue weighted by Crippen LogP contribution is -2.30. The second-order valence-corrected chi connectivity index (χ2v) is 3.62. The summed E-state index contributed by atoms with van der Waals surface area (Å²) in [5.41, 5.74) is 5.69. The van der Waals surface area contributed by atoms with Crippen molar-refractivity contribution in [1.82, 2.24) is 0 Å². The molecule has 1 heterocycles. The molecule has 2 fully saturated rings. The molecule has 2 rings (SSSR count). The molecule has 0 bridgehead atoms. The predicted molar refractivity (Wildman–Crippen MR) is 50.2 cm³/mol. The van der Waals surface area contributed by atoms with Crippen LogP contribution < -0.4 is 5.73 Å². The highest BCUT2D eigenvalue weighted by Gasteiger charge is 2.50. The number of rotatable bonds is 1. The van der Waals surface area contributed by atoms with E-state index in [2.05, 4.69) is 0 Å². The normalized spacial score (nSPS) is 34.4. The van der Waals surface area contributed by atoms with Crippen molar-refractivity contribution in [3.8, 4) is 0 Å². The highest BCUT2D eigenvalue weighted by Crippen LogP contribution is 2.40. The Morgan fingerprint density at radius 3 is 2.36 bits per heavy atom. The Balaban J connectivity index is 0.000000980. The van der Waals surface area contributed by atoms with Crippen LogP contribution in [-0.4, -0.2) is 36.1 Å². The average molecular weight is 224 g/mol. The van der Waals surface area contributed by atoms with E-state index >= 15 is 0 Å². The van der Waals surface area contributed by atoms with Gasteiger partial charge in [-0.1, -0.05) is 0 Å². The van der Waals surface area contributed by atoms with Gasteiger partial charge in [-0.3, -0.25) is 4.79 Å². The van der Waals surface area contributed by atoms with E-state index in [1.54, 1.807) is 0 Å². The van der Waals surface area contributed by atoms with Crippen molar-refractivity contribution in [2.24, 2.45) is 11.7 Å². The van der Waals surface area contributed by atoms with Crippen molar-refractivity contribution in [2.45, 2.75) is 24.7 Å². The SMILES string of the molecule is Cl.N[C@H]1CC2(C[C@H]1C(=O)O)OCCO2. The Morgan fingerprint density at radius 1 is 1.36 bits per heavy atom. The largest absolute Gasteiger partial charge is 0.481 e. The number of carboxylic acid groups (broad SMARTS) is 1. The van der Waals surface area contributed by atoms with Crippen LogP contribution in [0.4, 0.5) is 0 Å². The van der Waals surface area contributed by atoms with Crippen LogP contribution in [-0.2, 0) is 14.3 Å². The van der Waals surface area contributed by atoms with Gasteiger partial charge in [-0.05, 0) is 0 Å². The number of aliphatic carboxylic acids is 1. The quantitative estimate of drug-likeness (QED) is 0.653. The summed E-state index contributed by atoms with van der Waals surface area (Å²) < 4.78 is 10.8. The molecule has 5 nitrogen and oxygen atoms in total. The molecular weight excluding hydrogens is 210 g/mol. The fourth-order valence-corrected chi connectivity index (χ4v) is 2.07. The lowest BCUT2D eigenvalue weighted by Gasteiger charge is -2.20. The minimum Gasteiger partial charge on any atom is -0.481 e. The van der Waals surface area contributed by atoms with Gasteiger partial charge in [0, 0.05) is 18.9 Å². The van der Waals surface area contributed by atoms with E-state index in [-0.39, 0.29) is 18.4 Å². The van der Waals surface area contributed by atoms with Gasteiger partial charge >= 0.3 is 5.97 Å². The maximum Gasteiger partial charge on any atom is 0.308 e. The van der Waals surface area contributed by atoms with E-state index in [0.717, 1.165) is 0 Å². The topological polar surface area (TPSA) is 81.8 Å². The Bertz CT molecular complexity index is 229. The van der Waals surface area contributed by atoms with Gasteiger partial charge in [0.25, 0.3) is 0 Å². The molecule has 0 amide bonds. The van der Waals surface area contributed by atoms with Crippen LogP contribution in [0.3, 0.4) is 0 Å². The molecule has 2 atom stereocenters. The third kappa shape index (κ3) is 1.86. The zero-order valence-corrected chi connectivity index (χ0v) is 8.46. The number of ether oxygens (including phenoxy) is 2. The molecule has 0 aromatic carbocycles. The molecule has 0 aromatic rings. The van der Waals surface area contributed by atoms with Gasteiger partial charge in [-0.2, -0.15) is 0 Å². The van der Waals surface area contributed by atoms with Crippen LogP contribution >= 0.6 is 12.4 Å². The van der Waals surface area contributed by atoms with Crippen molar-refractivity contribution in [3.63, 3.8) is 0 Å². The minimum absolute atomic E-state index is 0. The molecule has 3 N–H and O–H groups in total. The second-order valence-electron chi connectivity index (χ2n) is 3.62. The maximum absolute atomic E-state index is 10.8. The molecule has 0 unspecified atom stereocenters. The molecule has 2 aliphatic rings. The molecule has 6 heteroatoms. The van der Waals surface area contributed by atoms with Crippen LogP contribution in [0, 0.1) is 5.92 Å². The molecule has 1 saturated heterocycles. The Labute approximate surface area is 88.0 Å². The molecule has 0 aromatic heterocycles. The van der Waals surface area contributed by atoms with Crippen LogP contribution in [0.15, 0.2) is 0 Å². The summed E-state index contributed by atoms with van der Waals surface area (Å²) in [6.45, 7) is 1.08. The highest BCUT2D eigenvalue weighted by atomic mass is 35.5. The highest BCUT2D eigenvalue weighted by molar-refractivity contribution is 5.85. The number of carboxylic acids is 1. The lowest BCUT2D eigenvalue weighted by molar-refractivity contribution is -0.159. The fourth-order valence-electron chi connectivity index (χ4n) is 2.07. The second kappa shape index (κ2) is 4.02. The molecule has 14 heavy (non-hydrogen) atoms. The van der Waals surface area contributed by atoms with Crippen molar-refractivity contribution in [1.29, 1.82) is 0 Å². The molecule has 1 aliphatic heterocycles. The summed E-state index contributed by atoms with van der Waals surface area (Å²) in [5.74, 6) is -2.08.